The average Bonchev–Trinajstić information content (AvgIpc) is 2.91. The highest BCUT2D eigenvalue weighted by atomic mass is 79.9. The molecule has 2 aromatic carbocycles. The molecular weight excluding hydrogens is 378 g/mol. The molecular formula is C20H20BrN3O. The van der Waals surface area contributed by atoms with E-state index in [0.717, 1.165) is 27.0 Å². The van der Waals surface area contributed by atoms with Gasteiger partial charge in [-0.3, -0.25) is 9.48 Å². The molecule has 0 saturated carbocycles. The van der Waals surface area contributed by atoms with Crippen molar-refractivity contribution < 1.29 is 4.79 Å². The minimum Gasteiger partial charge on any atom is -0.344 e. The molecule has 128 valence electrons. The standard InChI is InChI=1S/C20H20BrN3O/c1-14-12-15(2)24(23-14)13-19(25)22-20(16-6-4-3-5-7-16)17-8-10-18(21)11-9-17/h3-12,20H,13H2,1-2H3,(H,22,25). The van der Waals surface area contributed by atoms with Crippen molar-refractivity contribution in [1.29, 1.82) is 0 Å². The first-order chi connectivity index (χ1) is 12.0. The van der Waals surface area contributed by atoms with E-state index >= 15 is 0 Å². The van der Waals surface area contributed by atoms with E-state index in [9.17, 15) is 4.79 Å². The molecule has 3 aromatic rings. The Balaban J connectivity index is 1.83. The highest BCUT2D eigenvalue weighted by molar-refractivity contribution is 9.10. The van der Waals surface area contributed by atoms with Crippen LogP contribution in [-0.2, 0) is 11.3 Å². The molecule has 1 unspecified atom stereocenters. The van der Waals surface area contributed by atoms with Gasteiger partial charge in [0, 0.05) is 10.2 Å². The van der Waals surface area contributed by atoms with Gasteiger partial charge < -0.3 is 5.32 Å². The van der Waals surface area contributed by atoms with Gasteiger partial charge in [-0.2, -0.15) is 5.10 Å². The lowest BCUT2D eigenvalue weighted by Crippen LogP contribution is -2.32. The Labute approximate surface area is 156 Å². The molecule has 1 amide bonds. The molecule has 1 aromatic heterocycles. The van der Waals surface area contributed by atoms with Gasteiger partial charge in [0.05, 0.1) is 11.7 Å². The Hall–Kier alpha value is -2.40. The van der Waals surface area contributed by atoms with Gasteiger partial charge in [-0.05, 0) is 43.2 Å². The lowest BCUT2D eigenvalue weighted by Gasteiger charge is -2.20. The van der Waals surface area contributed by atoms with Gasteiger partial charge in [0.15, 0.2) is 0 Å². The molecule has 4 nitrogen and oxygen atoms in total. The minimum atomic E-state index is -0.196. The second-order valence-corrected chi connectivity index (χ2v) is 6.96. The van der Waals surface area contributed by atoms with Crippen LogP contribution in [0.5, 0.6) is 0 Å². The number of aryl methyl sites for hydroxylation is 2. The van der Waals surface area contributed by atoms with E-state index < -0.39 is 0 Å². The van der Waals surface area contributed by atoms with Gasteiger partial charge in [-0.25, -0.2) is 0 Å². The van der Waals surface area contributed by atoms with Crippen LogP contribution in [0.25, 0.3) is 0 Å². The third kappa shape index (κ3) is 4.37. The van der Waals surface area contributed by atoms with E-state index in [0.29, 0.717) is 0 Å². The summed E-state index contributed by atoms with van der Waals surface area (Å²) in [5.41, 5.74) is 3.98. The summed E-state index contributed by atoms with van der Waals surface area (Å²) < 4.78 is 2.74. The zero-order valence-electron chi connectivity index (χ0n) is 14.2. The molecule has 5 heteroatoms. The number of benzene rings is 2. The van der Waals surface area contributed by atoms with Gasteiger partial charge in [0.25, 0.3) is 0 Å². The summed E-state index contributed by atoms with van der Waals surface area (Å²) in [7, 11) is 0. The van der Waals surface area contributed by atoms with Crippen LogP contribution >= 0.6 is 15.9 Å². The van der Waals surface area contributed by atoms with Crippen LogP contribution < -0.4 is 5.32 Å². The molecule has 0 saturated heterocycles. The first-order valence-electron chi connectivity index (χ1n) is 8.14. The van der Waals surface area contributed by atoms with Crippen molar-refractivity contribution in [2.24, 2.45) is 0 Å². The Kier molecular flexibility index (Phi) is 5.34. The third-order valence-electron chi connectivity index (χ3n) is 4.04. The maximum absolute atomic E-state index is 12.6. The Morgan fingerprint density at radius 2 is 1.72 bits per heavy atom. The summed E-state index contributed by atoms with van der Waals surface area (Å²) in [6, 6.07) is 19.8. The normalized spacial score (nSPS) is 12.0. The molecule has 0 aliphatic carbocycles. The van der Waals surface area contributed by atoms with Crippen LogP contribution in [-0.4, -0.2) is 15.7 Å². The fourth-order valence-electron chi connectivity index (χ4n) is 2.84. The topological polar surface area (TPSA) is 46.9 Å². The smallest absolute Gasteiger partial charge is 0.242 e. The predicted molar refractivity (Wildman–Crippen MR) is 102 cm³/mol. The molecule has 0 fully saturated rings. The van der Waals surface area contributed by atoms with Crippen LogP contribution in [0, 0.1) is 13.8 Å². The average molecular weight is 398 g/mol. The second-order valence-electron chi connectivity index (χ2n) is 6.05. The van der Waals surface area contributed by atoms with E-state index in [2.05, 4.69) is 26.3 Å². The lowest BCUT2D eigenvalue weighted by atomic mass is 9.99. The van der Waals surface area contributed by atoms with Crippen molar-refractivity contribution in [3.63, 3.8) is 0 Å². The maximum atomic E-state index is 12.6. The van der Waals surface area contributed by atoms with Gasteiger partial charge in [-0.15, -0.1) is 0 Å². The largest absolute Gasteiger partial charge is 0.344 e. The summed E-state index contributed by atoms with van der Waals surface area (Å²) in [4.78, 5) is 12.6. The van der Waals surface area contributed by atoms with Crippen LogP contribution in [0.15, 0.2) is 65.1 Å². The summed E-state index contributed by atoms with van der Waals surface area (Å²) in [5.74, 6) is -0.0667. The van der Waals surface area contributed by atoms with Gasteiger partial charge >= 0.3 is 0 Å². The molecule has 3 rings (SSSR count). The number of aromatic nitrogens is 2. The van der Waals surface area contributed by atoms with Crippen molar-refractivity contribution in [3.8, 4) is 0 Å². The number of hydrogen-bond donors (Lipinski definition) is 1. The summed E-state index contributed by atoms with van der Waals surface area (Å²) in [6.45, 7) is 4.09. The number of carbonyl (C=O) groups is 1. The van der Waals surface area contributed by atoms with Gasteiger partial charge in [0.1, 0.15) is 6.54 Å². The summed E-state index contributed by atoms with van der Waals surface area (Å²) >= 11 is 3.46. The number of hydrogen-bond acceptors (Lipinski definition) is 2. The van der Waals surface area contributed by atoms with E-state index in [-0.39, 0.29) is 18.5 Å². The Bertz CT molecular complexity index is 856. The lowest BCUT2D eigenvalue weighted by molar-refractivity contribution is -0.122. The Morgan fingerprint density at radius 3 is 2.32 bits per heavy atom. The minimum absolute atomic E-state index is 0.0667. The summed E-state index contributed by atoms with van der Waals surface area (Å²) in [5, 5.41) is 7.50. The molecule has 0 aliphatic heterocycles. The van der Waals surface area contributed by atoms with Crippen molar-refractivity contribution in [2.75, 3.05) is 0 Å². The van der Waals surface area contributed by atoms with Crippen LogP contribution in [0.2, 0.25) is 0 Å². The van der Waals surface area contributed by atoms with Crippen LogP contribution in [0.1, 0.15) is 28.6 Å². The fraction of sp³-hybridized carbons (Fsp3) is 0.200. The van der Waals surface area contributed by atoms with Gasteiger partial charge in [-0.1, -0.05) is 58.4 Å². The highest BCUT2D eigenvalue weighted by Gasteiger charge is 2.17. The summed E-state index contributed by atoms with van der Waals surface area (Å²) in [6.07, 6.45) is 0. The quantitative estimate of drug-likeness (QED) is 0.701. The number of halogens is 1. The highest BCUT2D eigenvalue weighted by Crippen LogP contribution is 2.23. The van der Waals surface area contributed by atoms with Crippen molar-refractivity contribution >= 4 is 21.8 Å². The monoisotopic (exact) mass is 397 g/mol. The second kappa shape index (κ2) is 7.66. The molecule has 0 bridgehead atoms. The van der Waals surface area contributed by atoms with Crippen molar-refractivity contribution in [3.05, 3.63) is 87.7 Å². The molecule has 1 heterocycles. The number of carbonyl (C=O) groups excluding carboxylic acids is 1. The third-order valence-corrected chi connectivity index (χ3v) is 4.57. The van der Waals surface area contributed by atoms with Crippen molar-refractivity contribution in [2.45, 2.75) is 26.4 Å². The maximum Gasteiger partial charge on any atom is 0.242 e. The van der Waals surface area contributed by atoms with E-state index in [1.54, 1.807) is 4.68 Å². The number of nitrogens with zero attached hydrogens (tertiary/aromatic N) is 2. The predicted octanol–water partition coefficient (Wildman–Crippen LogP) is 4.17. The molecule has 0 aliphatic rings. The molecule has 1 N–H and O–H groups in total. The molecule has 0 spiro atoms. The number of nitrogens with one attached hydrogen (secondary N) is 1. The van der Waals surface area contributed by atoms with Crippen LogP contribution in [0.3, 0.4) is 0 Å². The zero-order chi connectivity index (χ0) is 17.8. The Morgan fingerprint density at radius 1 is 1.08 bits per heavy atom. The first-order valence-corrected chi connectivity index (χ1v) is 8.93. The van der Waals surface area contributed by atoms with E-state index in [1.807, 2.05) is 74.5 Å². The first kappa shape index (κ1) is 17.4. The van der Waals surface area contributed by atoms with Crippen LogP contribution in [0.4, 0.5) is 0 Å². The molecule has 1 atom stereocenters. The number of amides is 1. The molecule has 0 radical (unpaired) electrons. The SMILES string of the molecule is Cc1cc(C)n(CC(=O)NC(c2ccccc2)c2ccc(Br)cc2)n1. The molecule has 25 heavy (non-hydrogen) atoms. The zero-order valence-corrected chi connectivity index (χ0v) is 15.8. The van der Waals surface area contributed by atoms with E-state index in [1.165, 1.54) is 0 Å². The van der Waals surface area contributed by atoms with E-state index in [4.69, 9.17) is 0 Å². The fourth-order valence-corrected chi connectivity index (χ4v) is 3.10. The van der Waals surface area contributed by atoms with Crippen molar-refractivity contribution in [1.82, 2.24) is 15.1 Å². The van der Waals surface area contributed by atoms with Gasteiger partial charge in [0.2, 0.25) is 5.91 Å². The number of rotatable bonds is 5.